The molecule has 2 rings (SSSR count). The third kappa shape index (κ3) is 3.33. The first-order chi connectivity index (χ1) is 10.0. The van der Waals surface area contributed by atoms with Crippen LogP contribution in [0, 0.1) is 5.95 Å². The highest BCUT2D eigenvalue weighted by molar-refractivity contribution is 6.07. The average Bonchev–Trinajstić information content (AvgIpc) is 2.48. The molecule has 0 radical (unpaired) electrons. The van der Waals surface area contributed by atoms with E-state index < -0.39 is 17.8 Å². The number of anilines is 1. The van der Waals surface area contributed by atoms with Crippen molar-refractivity contribution in [1.29, 1.82) is 0 Å². The zero-order valence-corrected chi connectivity index (χ0v) is 11.0. The lowest BCUT2D eigenvalue weighted by molar-refractivity contribution is 0.0697. The van der Waals surface area contributed by atoms with Gasteiger partial charge in [0.05, 0.1) is 23.9 Å². The minimum absolute atomic E-state index is 0.109. The van der Waals surface area contributed by atoms with Crippen molar-refractivity contribution in [2.24, 2.45) is 0 Å². The molecule has 0 atom stereocenters. The number of aromatic carboxylic acids is 1. The molecule has 0 spiro atoms. The van der Waals surface area contributed by atoms with Crippen LogP contribution in [-0.2, 0) is 0 Å². The molecule has 2 N–H and O–H groups in total. The Morgan fingerprint density at radius 2 is 2.05 bits per heavy atom. The summed E-state index contributed by atoms with van der Waals surface area (Å²) in [5.41, 5.74) is 0.110. The summed E-state index contributed by atoms with van der Waals surface area (Å²) in [7, 11) is 1.41. The molecule has 0 bridgehead atoms. The van der Waals surface area contributed by atoms with Crippen LogP contribution < -0.4 is 10.1 Å². The molecule has 1 heterocycles. The Labute approximate surface area is 119 Å². The lowest BCUT2D eigenvalue weighted by Crippen LogP contribution is -2.15. The van der Waals surface area contributed by atoms with Crippen LogP contribution in [0.1, 0.15) is 20.7 Å². The van der Waals surface area contributed by atoms with Crippen molar-refractivity contribution >= 4 is 17.6 Å². The van der Waals surface area contributed by atoms with Crippen LogP contribution in [-0.4, -0.2) is 29.1 Å². The molecule has 0 saturated heterocycles. The van der Waals surface area contributed by atoms with Crippen LogP contribution >= 0.6 is 0 Å². The van der Waals surface area contributed by atoms with Gasteiger partial charge < -0.3 is 15.2 Å². The van der Waals surface area contributed by atoms with Crippen molar-refractivity contribution in [3.63, 3.8) is 0 Å². The first-order valence-corrected chi connectivity index (χ1v) is 5.85. The van der Waals surface area contributed by atoms with E-state index in [9.17, 15) is 14.0 Å². The van der Waals surface area contributed by atoms with Crippen LogP contribution in [0.4, 0.5) is 10.1 Å². The lowest BCUT2D eigenvalue weighted by Gasteiger charge is -2.10. The van der Waals surface area contributed by atoms with Gasteiger partial charge in [-0.3, -0.25) is 4.79 Å². The Bertz CT molecular complexity index is 686. The fraction of sp³-hybridized carbons (Fsp3) is 0.0714. The number of hydrogen-bond donors (Lipinski definition) is 2. The summed E-state index contributed by atoms with van der Waals surface area (Å²) in [6.45, 7) is 0. The molecule has 0 aliphatic carbocycles. The molecule has 0 fully saturated rings. The summed E-state index contributed by atoms with van der Waals surface area (Å²) in [5, 5.41) is 11.6. The third-order valence-electron chi connectivity index (χ3n) is 2.69. The van der Waals surface area contributed by atoms with E-state index in [1.54, 1.807) is 0 Å². The summed E-state index contributed by atoms with van der Waals surface area (Å²) in [4.78, 5) is 26.5. The van der Waals surface area contributed by atoms with Crippen LogP contribution in [0.2, 0.25) is 0 Å². The minimum atomic E-state index is -1.21. The van der Waals surface area contributed by atoms with Crippen molar-refractivity contribution < 1.29 is 23.8 Å². The quantitative estimate of drug-likeness (QED) is 0.842. The molecule has 1 aromatic carbocycles. The largest absolute Gasteiger partial charge is 0.497 e. The molecule has 0 saturated carbocycles. The number of carbonyl (C=O) groups excluding carboxylic acids is 1. The number of methoxy groups -OCH3 is 1. The second-order valence-electron chi connectivity index (χ2n) is 4.04. The number of halogens is 1. The minimum Gasteiger partial charge on any atom is -0.497 e. The first-order valence-electron chi connectivity index (χ1n) is 5.85. The second kappa shape index (κ2) is 6.00. The van der Waals surface area contributed by atoms with E-state index in [0.29, 0.717) is 5.75 Å². The van der Waals surface area contributed by atoms with Crippen molar-refractivity contribution in [2.75, 3.05) is 12.4 Å². The van der Waals surface area contributed by atoms with Gasteiger partial charge >= 0.3 is 5.97 Å². The van der Waals surface area contributed by atoms with Gasteiger partial charge in [0.15, 0.2) is 0 Å². The molecule has 6 nitrogen and oxygen atoms in total. The highest BCUT2D eigenvalue weighted by atomic mass is 19.1. The maximum Gasteiger partial charge on any atom is 0.337 e. The Kier molecular flexibility index (Phi) is 4.13. The molecule has 108 valence electrons. The van der Waals surface area contributed by atoms with Gasteiger partial charge in [-0.05, 0) is 30.3 Å². The topological polar surface area (TPSA) is 88.5 Å². The van der Waals surface area contributed by atoms with E-state index in [1.165, 1.54) is 31.4 Å². The highest BCUT2D eigenvalue weighted by Crippen LogP contribution is 2.22. The molecular weight excluding hydrogens is 279 g/mol. The Hall–Kier alpha value is -2.96. The maximum absolute atomic E-state index is 12.7. The van der Waals surface area contributed by atoms with E-state index in [0.717, 1.165) is 12.3 Å². The monoisotopic (exact) mass is 290 g/mol. The summed E-state index contributed by atoms with van der Waals surface area (Å²) in [6, 6.07) is 6.52. The molecule has 1 amide bonds. The molecular formula is C14H11FN2O4. The van der Waals surface area contributed by atoms with Crippen molar-refractivity contribution in [1.82, 2.24) is 4.98 Å². The van der Waals surface area contributed by atoms with E-state index in [-0.39, 0.29) is 16.8 Å². The number of rotatable bonds is 4. The fourth-order valence-corrected chi connectivity index (χ4v) is 1.64. The molecule has 0 aliphatic heterocycles. The Morgan fingerprint density at radius 1 is 1.29 bits per heavy atom. The van der Waals surface area contributed by atoms with Crippen LogP contribution in [0.5, 0.6) is 5.75 Å². The zero-order valence-electron chi connectivity index (χ0n) is 11.0. The SMILES string of the molecule is COc1ccc(NC(=O)c2ccc(F)nc2)c(C(=O)O)c1. The van der Waals surface area contributed by atoms with Gasteiger partial charge in [0.25, 0.3) is 5.91 Å². The van der Waals surface area contributed by atoms with E-state index in [4.69, 9.17) is 9.84 Å². The van der Waals surface area contributed by atoms with Gasteiger partial charge in [0, 0.05) is 6.20 Å². The van der Waals surface area contributed by atoms with E-state index in [1.807, 2.05) is 0 Å². The van der Waals surface area contributed by atoms with Gasteiger partial charge in [0.2, 0.25) is 5.95 Å². The number of amides is 1. The van der Waals surface area contributed by atoms with Crippen molar-refractivity contribution in [3.05, 3.63) is 53.6 Å². The van der Waals surface area contributed by atoms with Crippen molar-refractivity contribution in [3.8, 4) is 5.75 Å². The Morgan fingerprint density at radius 3 is 2.62 bits per heavy atom. The number of carboxylic acids is 1. The predicted octanol–water partition coefficient (Wildman–Crippen LogP) is 2.18. The second-order valence-corrected chi connectivity index (χ2v) is 4.04. The summed E-state index contributed by atoms with van der Waals surface area (Å²) in [5.74, 6) is -2.15. The fourth-order valence-electron chi connectivity index (χ4n) is 1.64. The molecule has 7 heteroatoms. The zero-order chi connectivity index (χ0) is 15.4. The third-order valence-corrected chi connectivity index (χ3v) is 2.69. The predicted molar refractivity (Wildman–Crippen MR) is 72.1 cm³/mol. The number of hydrogen-bond acceptors (Lipinski definition) is 4. The van der Waals surface area contributed by atoms with Crippen molar-refractivity contribution in [2.45, 2.75) is 0 Å². The van der Waals surface area contributed by atoms with Gasteiger partial charge in [-0.25, -0.2) is 9.78 Å². The summed E-state index contributed by atoms with van der Waals surface area (Å²) in [6.07, 6.45) is 1.06. The highest BCUT2D eigenvalue weighted by Gasteiger charge is 2.15. The molecule has 2 aromatic rings. The van der Waals surface area contributed by atoms with Gasteiger partial charge in [-0.15, -0.1) is 0 Å². The normalized spacial score (nSPS) is 10.0. The van der Waals surface area contributed by atoms with Gasteiger partial charge in [-0.2, -0.15) is 4.39 Å². The number of pyridine rings is 1. The van der Waals surface area contributed by atoms with Gasteiger partial charge in [0.1, 0.15) is 5.75 Å². The van der Waals surface area contributed by atoms with Crippen LogP contribution in [0.15, 0.2) is 36.5 Å². The Balaban J connectivity index is 2.28. The molecule has 0 unspecified atom stereocenters. The standard InChI is InChI=1S/C14H11FN2O4/c1-21-9-3-4-11(10(6-9)14(19)20)17-13(18)8-2-5-12(15)16-7-8/h2-7H,1H3,(H,17,18)(H,19,20). The summed E-state index contributed by atoms with van der Waals surface area (Å²) < 4.78 is 17.6. The number of aromatic nitrogens is 1. The number of nitrogens with zero attached hydrogens (tertiary/aromatic N) is 1. The lowest BCUT2D eigenvalue weighted by atomic mass is 10.1. The maximum atomic E-state index is 12.7. The molecule has 21 heavy (non-hydrogen) atoms. The number of nitrogens with one attached hydrogen (secondary N) is 1. The molecule has 1 aromatic heterocycles. The smallest absolute Gasteiger partial charge is 0.337 e. The molecule has 0 aliphatic rings. The van der Waals surface area contributed by atoms with E-state index in [2.05, 4.69) is 10.3 Å². The average molecular weight is 290 g/mol. The van der Waals surface area contributed by atoms with E-state index >= 15 is 0 Å². The number of carbonyl (C=O) groups is 2. The summed E-state index contributed by atoms with van der Waals surface area (Å²) >= 11 is 0. The van der Waals surface area contributed by atoms with Crippen LogP contribution in [0.3, 0.4) is 0 Å². The number of ether oxygens (including phenoxy) is 1. The first kappa shape index (κ1) is 14.4. The van der Waals surface area contributed by atoms with Crippen LogP contribution in [0.25, 0.3) is 0 Å². The number of carboxylic acid groups (broad SMARTS) is 1. The number of benzene rings is 1. The van der Waals surface area contributed by atoms with Gasteiger partial charge in [-0.1, -0.05) is 0 Å².